The van der Waals surface area contributed by atoms with E-state index in [0.717, 1.165) is 12.1 Å². The summed E-state index contributed by atoms with van der Waals surface area (Å²) in [7, 11) is 0. The Morgan fingerprint density at radius 1 is 1.11 bits per heavy atom. The molecule has 28 heavy (non-hydrogen) atoms. The van der Waals surface area contributed by atoms with Crippen molar-refractivity contribution < 1.29 is 18.0 Å². The van der Waals surface area contributed by atoms with E-state index in [1.165, 1.54) is 17.1 Å². The van der Waals surface area contributed by atoms with Crippen LogP contribution in [0.5, 0.6) is 0 Å². The Kier molecular flexibility index (Phi) is 5.43. The number of halogens is 3. The van der Waals surface area contributed by atoms with Crippen LogP contribution in [-0.4, -0.2) is 26.1 Å². The van der Waals surface area contributed by atoms with Crippen LogP contribution in [0.25, 0.3) is 5.69 Å². The van der Waals surface area contributed by atoms with Gasteiger partial charge >= 0.3 is 6.18 Å². The fourth-order valence-corrected chi connectivity index (χ4v) is 2.84. The van der Waals surface area contributed by atoms with Crippen molar-refractivity contribution in [2.75, 3.05) is 0 Å². The van der Waals surface area contributed by atoms with Crippen LogP contribution in [0.15, 0.2) is 54.9 Å². The van der Waals surface area contributed by atoms with Crippen LogP contribution in [0.2, 0.25) is 0 Å². The Morgan fingerprint density at radius 3 is 2.50 bits per heavy atom. The molecular formula is C19H18F3N5O. The molecule has 1 N–H and O–H groups in total. The molecule has 146 valence electrons. The molecule has 2 aromatic carbocycles. The van der Waals surface area contributed by atoms with Crippen LogP contribution in [0, 0.1) is 5.92 Å². The average molecular weight is 389 g/mol. The summed E-state index contributed by atoms with van der Waals surface area (Å²) < 4.78 is 40.5. The number of carbonyl (C=O) groups excluding carboxylic acids is 1. The molecule has 0 fully saturated rings. The lowest BCUT2D eigenvalue weighted by Crippen LogP contribution is -2.32. The molecule has 0 aliphatic heterocycles. The van der Waals surface area contributed by atoms with E-state index < -0.39 is 23.7 Å². The third-order valence-electron chi connectivity index (χ3n) is 4.25. The lowest BCUT2D eigenvalue weighted by atomic mass is 9.94. The van der Waals surface area contributed by atoms with Gasteiger partial charge in [0.15, 0.2) is 0 Å². The minimum atomic E-state index is -4.44. The van der Waals surface area contributed by atoms with Gasteiger partial charge in [-0.2, -0.15) is 13.2 Å². The van der Waals surface area contributed by atoms with Gasteiger partial charge in [0.2, 0.25) is 0 Å². The summed E-state index contributed by atoms with van der Waals surface area (Å²) in [4.78, 5) is 12.7. The molecule has 0 saturated carbocycles. The van der Waals surface area contributed by atoms with Gasteiger partial charge in [0.1, 0.15) is 6.33 Å². The van der Waals surface area contributed by atoms with E-state index in [4.69, 9.17) is 0 Å². The molecule has 1 heterocycles. The minimum absolute atomic E-state index is 0.116. The number of hydrogen-bond donors (Lipinski definition) is 1. The molecule has 1 amide bonds. The topological polar surface area (TPSA) is 72.7 Å². The van der Waals surface area contributed by atoms with Crippen molar-refractivity contribution in [1.82, 2.24) is 25.5 Å². The number of aromatic nitrogens is 4. The molecule has 1 atom stereocenters. The molecule has 6 nitrogen and oxygen atoms in total. The van der Waals surface area contributed by atoms with E-state index in [0.29, 0.717) is 16.8 Å². The van der Waals surface area contributed by atoms with Crippen LogP contribution in [0.4, 0.5) is 13.2 Å². The second-order valence-electron chi connectivity index (χ2n) is 6.62. The molecule has 0 saturated heterocycles. The first kappa shape index (κ1) is 19.5. The highest BCUT2D eigenvalue weighted by Crippen LogP contribution is 2.32. The average Bonchev–Trinajstić information content (AvgIpc) is 3.20. The van der Waals surface area contributed by atoms with Crippen LogP contribution in [-0.2, 0) is 6.18 Å². The van der Waals surface area contributed by atoms with E-state index in [-0.39, 0.29) is 5.92 Å². The maximum Gasteiger partial charge on any atom is 0.416 e. The van der Waals surface area contributed by atoms with Gasteiger partial charge < -0.3 is 5.32 Å². The summed E-state index contributed by atoms with van der Waals surface area (Å²) in [5.74, 6) is -0.513. The standard InChI is InChI=1S/C19H18F3N5O/c1-12(2)17(13-5-3-7-15(9-13)19(20,21)22)24-18(28)14-6-4-8-16(10-14)27-11-23-25-26-27/h3-12,17H,1-2H3,(H,24,28). The zero-order valence-corrected chi connectivity index (χ0v) is 15.2. The summed E-state index contributed by atoms with van der Waals surface area (Å²) in [6.07, 6.45) is -3.04. The Hall–Kier alpha value is -3.23. The Bertz CT molecular complexity index is 954. The second-order valence-corrected chi connectivity index (χ2v) is 6.62. The third kappa shape index (κ3) is 4.36. The fourth-order valence-electron chi connectivity index (χ4n) is 2.84. The number of hydrogen-bond acceptors (Lipinski definition) is 4. The quantitative estimate of drug-likeness (QED) is 0.720. The fraction of sp³-hybridized carbons (Fsp3) is 0.263. The maximum atomic E-state index is 13.0. The molecule has 0 aliphatic rings. The zero-order chi connectivity index (χ0) is 20.3. The lowest BCUT2D eigenvalue weighted by molar-refractivity contribution is -0.137. The Morgan fingerprint density at radius 2 is 1.86 bits per heavy atom. The molecule has 0 bridgehead atoms. The van der Waals surface area contributed by atoms with E-state index in [2.05, 4.69) is 20.8 Å². The van der Waals surface area contributed by atoms with Gasteiger partial charge in [-0.1, -0.05) is 32.0 Å². The Balaban J connectivity index is 1.86. The number of carbonyl (C=O) groups is 1. The van der Waals surface area contributed by atoms with Gasteiger partial charge in [-0.3, -0.25) is 4.79 Å². The van der Waals surface area contributed by atoms with Crippen molar-refractivity contribution in [3.8, 4) is 5.69 Å². The third-order valence-corrected chi connectivity index (χ3v) is 4.25. The maximum absolute atomic E-state index is 13.0. The molecule has 3 rings (SSSR count). The number of alkyl halides is 3. The number of nitrogens with one attached hydrogen (secondary N) is 1. The predicted octanol–water partition coefficient (Wildman–Crippen LogP) is 3.81. The van der Waals surface area contributed by atoms with Crippen molar-refractivity contribution >= 4 is 5.91 Å². The van der Waals surface area contributed by atoms with E-state index in [9.17, 15) is 18.0 Å². The molecule has 1 aromatic heterocycles. The smallest absolute Gasteiger partial charge is 0.345 e. The first-order valence-corrected chi connectivity index (χ1v) is 8.57. The van der Waals surface area contributed by atoms with Gasteiger partial charge in [-0.05, 0) is 52.2 Å². The molecule has 3 aromatic rings. The van der Waals surface area contributed by atoms with Crippen LogP contribution in [0.3, 0.4) is 0 Å². The van der Waals surface area contributed by atoms with Crippen molar-refractivity contribution in [3.63, 3.8) is 0 Å². The van der Waals surface area contributed by atoms with Gasteiger partial charge in [0.25, 0.3) is 5.91 Å². The SMILES string of the molecule is CC(C)C(NC(=O)c1cccc(-n2cnnn2)c1)c1cccc(C(F)(F)F)c1. The van der Waals surface area contributed by atoms with Crippen LogP contribution in [0.1, 0.15) is 41.4 Å². The number of tetrazole rings is 1. The monoisotopic (exact) mass is 389 g/mol. The van der Waals surface area contributed by atoms with Gasteiger partial charge in [-0.15, -0.1) is 5.10 Å². The first-order valence-electron chi connectivity index (χ1n) is 8.57. The lowest BCUT2D eigenvalue weighted by Gasteiger charge is -2.24. The normalized spacial score (nSPS) is 12.8. The molecular weight excluding hydrogens is 371 g/mol. The van der Waals surface area contributed by atoms with E-state index >= 15 is 0 Å². The largest absolute Gasteiger partial charge is 0.416 e. The summed E-state index contributed by atoms with van der Waals surface area (Å²) in [6, 6.07) is 11.1. The van der Waals surface area contributed by atoms with Crippen molar-refractivity contribution in [2.24, 2.45) is 5.92 Å². The molecule has 0 radical (unpaired) electrons. The van der Waals surface area contributed by atoms with E-state index in [1.807, 2.05) is 13.8 Å². The van der Waals surface area contributed by atoms with Crippen LogP contribution < -0.4 is 5.32 Å². The second kappa shape index (κ2) is 7.79. The minimum Gasteiger partial charge on any atom is -0.345 e. The summed E-state index contributed by atoms with van der Waals surface area (Å²) in [5.41, 5.74) is 0.601. The highest BCUT2D eigenvalue weighted by Gasteiger charge is 2.31. The van der Waals surface area contributed by atoms with Gasteiger partial charge in [-0.25, -0.2) is 4.68 Å². The molecule has 9 heteroatoms. The summed E-state index contributed by atoms with van der Waals surface area (Å²) >= 11 is 0. The van der Waals surface area contributed by atoms with Crippen molar-refractivity contribution in [3.05, 3.63) is 71.5 Å². The predicted molar refractivity (Wildman–Crippen MR) is 95.6 cm³/mol. The van der Waals surface area contributed by atoms with Gasteiger partial charge in [0, 0.05) is 5.56 Å². The number of rotatable bonds is 5. The number of benzene rings is 2. The summed E-state index contributed by atoms with van der Waals surface area (Å²) in [6.45, 7) is 3.67. The van der Waals surface area contributed by atoms with Crippen molar-refractivity contribution in [1.29, 1.82) is 0 Å². The van der Waals surface area contributed by atoms with E-state index in [1.54, 1.807) is 30.3 Å². The zero-order valence-electron chi connectivity index (χ0n) is 15.2. The number of nitrogens with zero attached hydrogens (tertiary/aromatic N) is 4. The molecule has 1 unspecified atom stereocenters. The first-order chi connectivity index (χ1) is 13.3. The summed E-state index contributed by atoms with van der Waals surface area (Å²) in [5, 5.41) is 13.7. The van der Waals surface area contributed by atoms with Gasteiger partial charge in [0.05, 0.1) is 17.3 Å². The molecule has 0 aliphatic carbocycles. The Labute approximate surface area is 159 Å². The highest BCUT2D eigenvalue weighted by molar-refractivity contribution is 5.95. The van der Waals surface area contributed by atoms with Crippen LogP contribution >= 0.6 is 0 Å². The van der Waals surface area contributed by atoms with Crippen molar-refractivity contribution in [2.45, 2.75) is 26.1 Å². The number of amides is 1. The highest BCUT2D eigenvalue weighted by atomic mass is 19.4. The molecule has 0 spiro atoms.